The van der Waals surface area contributed by atoms with Crippen molar-refractivity contribution in [3.05, 3.63) is 29.8 Å². The third-order valence-corrected chi connectivity index (χ3v) is 4.00. The van der Waals surface area contributed by atoms with E-state index in [1.54, 1.807) is 4.90 Å². The number of nitrogens with zero attached hydrogens (tertiary/aromatic N) is 1. The van der Waals surface area contributed by atoms with Crippen LogP contribution in [-0.2, 0) is 4.74 Å². The third kappa shape index (κ3) is 2.40. The van der Waals surface area contributed by atoms with Crippen LogP contribution in [0, 0.1) is 5.92 Å². The molecular weight excluding hydrogens is 252 g/mol. The Morgan fingerprint density at radius 1 is 1.30 bits per heavy atom. The van der Waals surface area contributed by atoms with Gasteiger partial charge in [-0.1, -0.05) is 18.2 Å². The van der Waals surface area contributed by atoms with Crippen molar-refractivity contribution in [2.75, 3.05) is 24.5 Å². The molecule has 2 atom stereocenters. The van der Waals surface area contributed by atoms with Crippen molar-refractivity contribution in [1.29, 1.82) is 0 Å². The van der Waals surface area contributed by atoms with Crippen LogP contribution in [0.3, 0.4) is 0 Å². The number of rotatable bonds is 0. The molecule has 0 bridgehead atoms. The zero-order valence-corrected chi connectivity index (χ0v) is 12.3. The van der Waals surface area contributed by atoms with E-state index in [0.29, 0.717) is 11.8 Å². The lowest BCUT2D eigenvalue weighted by molar-refractivity contribution is 0.0571. The van der Waals surface area contributed by atoms with E-state index in [1.165, 1.54) is 5.56 Å². The second-order valence-electron chi connectivity index (χ2n) is 6.67. The number of carbonyl (C=O) groups is 1. The van der Waals surface area contributed by atoms with Gasteiger partial charge in [-0.3, -0.25) is 4.90 Å². The van der Waals surface area contributed by atoms with E-state index in [4.69, 9.17) is 4.74 Å². The summed E-state index contributed by atoms with van der Waals surface area (Å²) >= 11 is 0. The fourth-order valence-corrected chi connectivity index (χ4v) is 3.16. The van der Waals surface area contributed by atoms with Gasteiger partial charge in [0.15, 0.2) is 0 Å². The molecule has 0 spiro atoms. The average Bonchev–Trinajstić information content (AvgIpc) is 2.84. The Kier molecular flexibility index (Phi) is 3.21. The van der Waals surface area contributed by atoms with Crippen molar-refractivity contribution in [3.63, 3.8) is 0 Å². The molecule has 1 fully saturated rings. The van der Waals surface area contributed by atoms with Gasteiger partial charge >= 0.3 is 6.09 Å². The molecule has 1 amide bonds. The summed E-state index contributed by atoms with van der Waals surface area (Å²) in [7, 11) is 0. The van der Waals surface area contributed by atoms with Crippen LogP contribution in [0.4, 0.5) is 10.5 Å². The quantitative estimate of drug-likeness (QED) is 0.791. The highest BCUT2D eigenvalue weighted by Gasteiger charge is 2.39. The second kappa shape index (κ2) is 4.77. The van der Waals surface area contributed by atoms with Gasteiger partial charge in [-0.2, -0.15) is 0 Å². The van der Waals surface area contributed by atoms with E-state index in [9.17, 15) is 4.79 Å². The minimum absolute atomic E-state index is 0.240. The molecule has 2 aliphatic rings. The van der Waals surface area contributed by atoms with E-state index in [2.05, 4.69) is 11.4 Å². The molecule has 2 aliphatic heterocycles. The van der Waals surface area contributed by atoms with E-state index in [0.717, 1.165) is 25.3 Å². The minimum atomic E-state index is -0.462. The first-order valence-corrected chi connectivity index (χ1v) is 7.26. The summed E-state index contributed by atoms with van der Waals surface area (Å²) in [5.74, 6) is 1.00. The van der Waals surface area contributed by atoms with Gasteiger partial charge in [0.05, 0.1) is 5.69 Å². The zero-order valence-electron chi connectivity index (χ0n) is 12.3. The van der Waals surface area contributed by atoms with Gasteiger partial charge in [0, 0.05) is 25.6 Å². The summed E-state index contributed by atoms with van der Waals surface area (Å²) in [6.45, 7) is 8.42. The topological polar surface area (TPSA) is 41.6 Å². The van der Waals surface area contributed by atoms with Crippen LogP contribution in [-0.4, -0.2) is 31.3 Å². The highest BCUT2D eigenvalue weighted by molar-refractivity contribution is 5.90. The molecule has 0 unspecified atom stereocenters. The summed E-state index contributed by atoms with van der Waals surface area (Å²) in [5, 5.41) is 3.43. The molecule has 1 aromatic rings. The molecule has 0 aliphatic carbocycles. The van der Waals surface area contributed by atoms with E-state index in [1.807, 2.05) is 39.0 Å². The van der Waals surface area contributed by atoms with Crippen LogP contribution in [0.5, 0.6) is 0 Å². The van der Waals surface area contributed by atoms with Crippen molar-refractivity contribution >= 4 is 11.8 Å². The highest BCUT2D eigenvalue weighted by Crippen LogP contribution is 2.40. The summed E-state index contributed by atoms with van der Waals surface area (Å²) in [4.78, 5) is 14.2. The Balaban J connectivity index is 1.93. The first-order chi connectivity index (χ1) is 9.46. The molecule has 3 rings (SSSR count). The lowest BCUT2D eigenvalue weighted by Crippen LogP contribution is -2.44. The maximum Gasteiger partial charge on any atom is 0.414 e. The Labute approximate surface area is 120 Å². The van der Waals surface area contributed by atoms with Crippen LogP contribution in [0.25, 0.3) is 0 Å². The van der Waals surface area contributed by atoms with Crippen molar-refractivity contribution < 1.29 is 9.53 Å². The number of anilines is 1. The lowest BCUT2D eigenvalue weighted by Gasteiger charge is -2.37. The van der Waals surface area contributed by atoms with Crippen LogP contribution >= 0.6 is 0 Å². The molecule has 20 heavy (non-hydrogen) atoms. The van der Waals surface area contributed by atoms with Crippen molar-refractivity contribution in [2.24, 2.45) is 5.92 Å². The Bertz CT molecular complexity index is 521. The second-order valence-corrected chi connectivity index (χ2v) is 6.67. The summed E-state index contributed by atoms with van der Waals surface area (Å²) in [5.41, 5.74) is 1.81. The van der Waals surface area contributed by atoms with Crippen molar-refractivity contribution in [2.45, 2.75) is 32.3 Å². The third-order valence-electron chi connectivity index (χ3n) is 4.00. The number of ether oxygens (including phenoxy) is 1. The van der Waals surface area contributed by atoms with Gasteiger partial charge < -0.3 is 10.1 Å². The SMILES string of the molecule is CC(C)(C)OC(=O)N1C[C@H]2CNC[C@@H]2c2ccccc21. The monoisotopic (exact) mass is 274 g/mol. The molecule has 0 saturated carbocycles. The Morgan fingerprint density at radius 3 is 2.80 bits per heavy atom. The molecule has 1 saturated heterocycles. The molecule has 2 heterocycles. The number of hydrogen-bond donors (Lipinski definition) is 1. The number of fused-ring (bicyclic) bond motifs is 3. The summed E-state index contributed by atoms with van der Waals surface area (Å²) in [6.07, 6.45) is -0.240. The van der Waals surface area contributed by atoms with Crippen LogP contribution in [0.1, 0.15) is 32.3 Å². The number of carbonyl (C=O) groups excluding carboxylic acids is 1. The normalized spacial score (nSPS) is 25.1. The number of hydrogen-bond acceptors (Lipinski definition) is 3. The average molecular weight is 274 g/mol. The van der Waals surface area contributed by atoms with Crippen LogP contribution in [0.2, 0.25) is 0 Å². The molecule has 1 aromatic carbocycles. The maximum atomic E-state index is 12.4. The molecular formula is C16H22N2O2. The summed E-state index contributed by atoms with van der Waals surface area (Å²) < 4.78 is 5.55. The van der Waals surface area contributed by atoms with Gasteiger partial charge in [0.25, 0.3) is 0 Å². The predicted molar refractivity (Wildman–Crippen MR) is 79.1 cm³/mol. The van der Waals surface area contributed by atoms with Gasteiger partial charge in [0.1, 0.15) is 5.60 Å². The zero-order chi connectivity index (χ0) is 14.3. The number of nitrogens with one attached hydrogen (secondary N) is 1. The van der Waals surface area contributed by atoms with Gasteiger partial charge in [-0.05, 0) is 38.3 Å². The van der Waals surface area contributed by atoms with E-state index < -0.39 is 5.60 Å². The first kappa shape index (κ1) is 13.4. The lowest BCUT2D eigenvalue weighted by atomic mass is 9.84. The molecule has 0 aromatic heterocycles. The first-order valence-electron chi connectivity index (χ1n) is 7.26. The van der Waals surface area contributed by atoms with Crippen molar-refractivity contribution in [3.8, 4) is 0 Å². The Morgan fingerprint density at radius 2 is 2.05 bits per heavy atom. The predicted octanol–water partition coefficient (Wildman–Crippen LogP) is 2.74. The van der Waals surface area contributed by atoms with Crippen LogP contribution in [0.15, 0.2) is 24.3 Å². The molecule has 1 N–H and O–H groups in total. The van der Waals surface area contributed by atoms with E-state index in [-0.39, 0.29) is 6.09 Å². The largest absolute Gasteiger partial charge is 0.443 e. The number of amides is 1. The van der Waals surface area contributed by atoms with E-state index >= 15 is 0 Å². The minimum Gasteiger partial charge on any atom is -0.443 e. The van der Waals surface area contributed by atoms with Crippen LogP contribution < -0.4 is 10.2 Å². The van der Waals surface area contributed by atoms with Crippen molar-refractivity contribution in [1.82, 2.24) is 5.32 Å². The van der Waals surface area contributed by atoms with Gasteiger partial charge in [-0.25, -0.2) is 4.79 Å². The fraction of sp³-hybridized carbons (Fsp3) is 0.562. The van der Waals surface area contributed by atoms with Gasteiger partial charge in [0.2, 0.25) is 0 Å². The number of benzene rings is 1. The molecule has 0 radical (unpaired) electrons. The molecule has 108 valence electrons. The molecule has 4 nitrogen and oxygen atoms in total. The summed E-state index contributed by atoms with van der Waals surface area (Å²) in [6, 6.07) is 8.19. The standard InChI is InChI=1S/C16H22N2O2/c1-16(2,3)20-15(19)18-10-11-8-17-9-13(11)12-6-4-5-7-14(12)18/h4-7,11,13,17H,8-10H2,1-3H3/t11-,13+/m1/s1. The smallest absolute Gasteiger partial charge is 0.414 e. The Hall–Kier alpha value is -1.55. The fourth-order valence-electron chi connectivity index (χ4n) is 3.16. The maximum absolute atomic E-state index is 12.4. The molecule has 4 heteroatoms. The highest BCUT2D eigenvalue weighted by atomic mass is 16.6. The number of para-hydroxylation sites is 1. The van der Waals surface area contributed by atoms with Gasteiger partial charge in [-0.15, -0.1) is 0 Å².